The number of ether oxygens (including phenoxy) is 1. The lowest BCUT2D eigenvalue weighted by atomic mass is 10.0. The molecule has 4 nitrogen and oxygen atoms in total. The van der Waals surface area contributed by atoms with Crippen molar-refractivity contribution >= 4 is 5.97 Å². The van der Waals surface area contributed by atoms with Gasteiger partial charge in [0.2, 0.25) is 0 Å². The smallest absolute Gasteiger partial charge is 0.417 e. The molecular weight excluding hydrogens is 263 g/mol. The van der Waals surface area contributed by atoms with Crippen molar-refractivity contribution in [3.8, 4) is 11.8 Å². The van der Waals surface area contributed by atoms with E-state index in [1.54, 1.807) is 6.92 Å². The van der Waals surface area contributed by atoms with E-state index in [4.69, 9.17) is 5.26 Å². The summed E-state index contributed by atoms with van der Waals surface area (Å²) >= 11 is 0. The molecule has 0 fully saturated rings. The number of alkyl halides is 3. The van der Waals surface area contributed by atoms with Crippen LogP contribution >= 0.6 is 0 Å². The molecule has 0 aliphatic carbocycles. The lowest BCUT2D eigenvalue weighted by Crippen LogP contribution is -2.11. The molecule has 0 radical (unpaired) electrons. The highest BCUT2D eigenvalue weighted by Gasteiger charge is 2.35. The quantitative estimate of drug-likeness (QED) is 0.858. The van der Waals surface area contributed by atoms with Gasteiger partial charge in [0.1, 0.15) is 17.4 Å². The van der Waals surface area contributed by atoms with Gasteiger partial charge in [-0.2, -0.15) is 18.4 Å². The SMILES string of the molecule is CCOC(=O)Cc1ccc(C(F)(F)F)c(C#N)c1O. The predicted octanol–water partition coefficient (Wildman–Crippen LogP) is 2.39. The molecule has 0 amide bonds. The fourth-order valence-corrected chi connectivity index (χ4v) is 1.49. The lowest BCUT2D eigenvalue weighted by Gasteiger charge is -2.12. The molecule has 0 saturated carbocycles. The summed E-state index contributed by atoms with van der Waals surface area (Å²) in [5, 5.41) is 18.3. The van der Waals surface area contributed by atoms with Gasteiger partial charge in [-0.25, -0.2) is 0 Å². The van der Waals surface area contributed by atoms with Crippen LogP contribution in [0.4, 0.5) is 13.2 Å². The Bertz CT molecular complexity index is 532. The summed E-state index contributed by atoms with van der Waals surface area (Å²) in [4.78, 5) is 11.2. The molecule has 0 aliphatic rings. The second kappa shape index (κ2) is 5.61. The van der Waals surface area contributed by atoms with Crippen LogP contribution in [0.3, 0.4) is 0 Å². The summed E-state index contributed by atoms with van der Waals surface area (Å²) in [6.45, 7) is 1.69. The van der Waals surface area contributed by atoms with Crippen molar-refractivity contribution in [1.29, 1.82) is 5.26 Å². The van der Waals surface area contributed by atoms with Gasteiger partial charge in [-0.15, -0.1) is 0 Å². The van der Waals surface area contributed by atoms with Gasteiger partial charge < -0.3 is 9.84 Å². The first kappa shape index (κ1) is 14.8. The number of esters is 1. The molecule has 0 bridgehead atoms. The van der Waals surface area contributed by atoms with E-state index < -0.39 is 35.4 Å². The van der Waals surface area contributed by atoms with E-state index >= 15 is 0 Å². The molecule has 0 spiro atoms. The molecule has 0 aromatic heterocycles. The van der Waals surface area contributed by atoms with Crippen molar-refractivity contribution in [1.82, 2.24) is 0 Å². The molecule has 19 heavy (non-hydrogen) atoms. The summed E-state index contributed by atoms with van der Waals surface area (Å²) < 4.78 is 42.3. The highest BCUT2D eigenvalue weighted by molar-refractivity contribution is 5.74. The van der Waals surface area contributed by atoms with E-state index in [0.29, 0.717) is 6.07 Å². The number of hydrogen-bond acceptors (Lipinski definition) is 4. The number of carbonyl (C=O) groups is 1. The maximum Gasteiger partial charge on any atom is 0.417 e. The van der Waals surface area contributed by atoms with Crippen LogP contribution in [0.1, 0.15) is 23.6 Å². The molecule has 1 aromatic carbocycles. The maximum atomic E-state index is 12.6. The third kappa shape index (κ3) is 3.37. The van der Waals surface area contributed by atoms with Crippen molar-refractivity contribution in [3.05, 3.63) is 28.8 Å². The molecule has 0 aliphatic heterocycles. The van der Waals surface area contributed by atoms with Crippen LogP contribution in [0.25, 0.3) is 0 Å². The van der Waals surface area contributed by atoms with Crippen LogP contribution in [0.5, 0.6) is 5.75 Å². The van der Waals surface area contributed by atoms with Gasteiger partial charge in [0.15, 0.2) is 0 Å². The topological polar surface area (TPSA) is 70.3 Å². The van der Waals surface area contributed by atoms with Crippen molar-refractivity contribution in [2.75, 3.05) is 6.61 Å². The van der Waals surface area contributed by atoms with Gasteiger partial charge in [-0.3, -0.25) is 4.79 Å². The predicted molar refractivity (Wildman–Crippen MR) is 58.2 cm³/mol. The lowest BCUT2D eigenvalue weighted by molar-refractivity contribution is -0.142. The summed E-state index contributed by atoms with van der Waals surface area (Å²) in [6.07, 6.45) is -5.14. The molecule has 1 aromatic rings. The molecular formula is C12H10F3NO3. The number of nitrogens with zero attached hydrogens (tertiary/aromatic N) is 1. The molecule has 102 valence electrons. The number of rotatable bonds is 3. The second-order valence-corrected chi connectivity index (χ2v) is 3.59. The average molecular weight is 273 g/mol. The van der Waals surface area contributed by atoms with Crippen LogP contribution in [-0.2, 0) is 22.1 Å². The number of aromatic hydroxyl groups is 1. The average Bonchev–Trinajstić information content (AvgIpc) is 2.30. The highest BCUT2D eigenvalue weighted by Crippen LogP contribution is 2.37. The minimum Gasteiger partial charge on any atom is -0.506 e. The first-order valence-electron chi connectivity index (χ1n) is 5.29. The van der Waals surface area contributed by atoms with E-state index in [2.05, 4.69) is 4.74 Å². The van der Waals surface area contributed by atoms with Gasteiger partial charge >= 0.3 is 12.1 Å². The zero-order valence-corrected chi connectivity index (χ0v) is 9.91. The minimum atomic E-state index is -4.75. The molecule has 0 unspecified atom stereocenters. The first-order valence-corrected chi connectivity index (χ1v) is 5.29. The third-order valence-electron chi connectivity index (χ3n) is 2.32. The number of nitriles is 1. The monoisotopic (exact) mass is 273 g/mol. The minimum absolute atomic E-state index is 0.0806. The number of carbonyl (C=O) groups excluding carboxylic acids is 1. The Balaban J connectivity index is 3.20. The fourth-order valence-electron chi connectivity index (χ4n) is 1.49. The Hall–Kier alpha value is -2.23. The van der Waals surface area contributed by atoms with Gasteiger partial charge in [-0.05, 0) is 13.0 Å². The van der Waals surface area contributed by atoms with Crippen molar-refractivity contribution in [2.24, 2.45) is 0 Å². The number of phenolic OH excluding ortho intramolecular Hbond substituents is 1. The van der Waals surface area contributed by atoms with Crippen LogP contribution in [-0.4, -0.2) is 17.7 Å². The van der Waals surface area contributed by atoms with Gasteiger partial charge in [0.25, 0.3) is 0 Å². The van der Waals surface area contributed by atoms with Crippen LogP contribution < -0.4 is 0 Å². The molecule has 1 rings (SSSR count). The van der Waals surface area contributed by atoms with Crippen molar-refractivity contribution in [2.45, 2.75) is 19.5 Å². The first-order chi connectivity index (χ1) is 8.81. The summed E-state index contributed by atoms with van der Waals surface area (Å²) in [7, 11) is 0. The maximum absolute atomic E-state index is 12.6. The zero-order valence-electron chi connectivity index (χ0n) is 9.91. The van der Waals surface area contributed by atoms with Gasteiger partial charge in [-0.1, -0.05) is 6.07 Å². The van der Waals surface area contributed by atoms with E-state index in [0.717, 1.165) is 6.07 Å². The van der Waals surface area contributed by atoms with Gasteiger partial charge in [0.05, 0.1) is 18.6 Å². The second-order valence-electron chi connectivity index (χ2n) is 3.59. The fraction of sp³-hybridized carbons (Fsp3) is 0.333. The number of phenols is 1. The van der Waals surface area contributed by atoms with E-state index in [9.17, 15) is 23.1 Å². The van der Waals surface area contributed by atoms with Crippen LogP contribution in [0.15, 0.2) is 12.1 Å². The Kier molecular flexibility index (Phi) is 4.38. The van der Waals surface area contributed by atoms with Crippen LogP contribution in [0.2, 0.25) is 0 Å². The number of hydrogen-bond donors (Lipinski definition) is 1. The molecule has 1 N–H and O–H groups in total. The Labute approximate surface area is 107 Å². The number of halogens is 3. The number of benzene rings is 1. The van der Waals surface area contributed by atoms with Crippen molar-refractivity contribution in [3.63, 3.8) is 0 Å². The van der Waals surface area contributed by atoms with Crippen LogP contribution in [0, 0.1) is 11.3 Å². The zero-order chi connectivity index (χ0) is 14.6. The standard InChI is InChI=1S/C12H10F3NO3/c1-2-19-10(17)5-7-3-4-9(12(13,14)15)8(6-16)11(7)18/h3-4,18H,2,5H2,1H3. The molecule has 0 heterocycles. The van der Waals surface area contributed by atoms with E-state index in [1.165, 1.54) is 6.07 Å². The van der Waals surface area contributed by atoms with Crippen molar-refractivity contribution < 1.29 is 27.8 Å². The Morgan fingerprint density at radius 2 is 2.11 bits per heavy atom. The summed E-state index contributed by atoms with van der Waals surface area (Å²) in [5.41, 5.74) is -2.21. The molecule has 0 atom stereocenters. The largest absolute Gasteiger partial charge is 0.506 e. The molecule has 7 heteroatoms. The van der Waals surface area contributed by atoms with E-state index in [1.807, 2.05) is 0 Å². The Morgan fingerprint density at radius 3 is 2.58 bits per heavy atom. The Morgan fingerprint density at radius 1 is 1.47 bits per heavy atom. The van der Waals surface area contributed by atoms with Gasteiger partial charge in [0, 0.05) is 5.56 Å². The highest BCUT2D eigenvalue weighted by atomic mass is 19.4. The summed E-state index contributed by atoms with van der Waals surface area (Å²) in [5.74, 6) is -1.54. The summed E-state index contributed by atoms with van der Waals surface area (Å²) in [6, 6.07) is 2.91. The van der Waals surface area contributed by atoms with E-state index in [-0.39, 0.29) is 12.2 Å². The third-order valence-corrected chi connectivity index (χ3v) is 2.32. The normalized spacial score (nSPS) is 10.9. The molecule has 0 saturated heterocycles.